The SMILES string of the molecule is CCNc1nc(NCCS(=O)(=O)[O-])nc(Nc2cc(S(=O)(=O)[O-])cc3cc(S(=O)(=O)[O-])c(N=Nc4ccc5ccccc5c4S(=O)(=O)[O-])c(O)c23)n1.[Na+].[Na+].[Na+].[Na+]. The molecule has 0 aliphatic carbocycles. The molecular formula is C27H22N8Na4O13S4. The number of fused-ring (bicyclic) bond motifs is 2. The maximum Gasteiger partial charge on any atom is 1.00 e. The van der Waals surface area contributed by atoms with Gasteiger partial charge in [0.15, 0.2) is 5.75 Å². The summed E-state index contributed by atoms with van der Waals surface area (Å²) in [5.74, 6) is -2.89. The van der Waals surface area contributed by atoms with E-state index in [1.54, 1.807) is 13.0 Å². The van der Waals surface area contributed by atoms with Crippen LogP contribution in [0.1, 0.15) is 6.92 Å². The van der Waals surface area contributed by atoms with E-state index in [2.05, 4.69) is 41.1 Å². The van der Waals surface area contributed by atoms with Gasteiger partial charge in [-0.3, -0.25) is 0 Å². The fourth-order valence-corrected chi connectivity index (χ4v) is 7.17. The number of nitrogens with one attached hydrogen (secondary N) is 3. The minimum atomic E-state index is -5.59. The molecule has 4 N–H and O–H groups in total. The molecule has 5 aromatic rings. The first-order chi connectivity index (χ1) is 24.2. The second-order valence-electron chi connectivity index (χ2n) is 10.5. The van der Waals surface area contributed by atoms with Crippen molar-refractivity contribution in [1.29, 1.82) is 0 Å². The van der Waals surface area contributed by atoms with E-state index in [0.717, 1.165) is 6.07 Å². The zero-order valence-corrected chi connectivity index (χ0v) is 41.3. The molecule has 0 amide bonds. The van der Waals surface area contributed by atoms with Gasteiger partial charge in [-0.1, -0.05) is 30.3 Å². The van der Waals surface area contributed by atoms with Crippen molar-refractivity contribution in [3.8, 4) is 5.75 Å². The summed E-state index contributed by atoms with van der Waals surface area (Å²) < 4.78 is 143. The number of nitrogens with zero attached hydrogens (tertiary/aromatic N) is 5. The first kappa shape index (κ1) is 52.9. The Morgan fingerprint density at radius 2 is 1.30 bits per heavy atom. The summed E-state index contributed by atoms with van der Waals surface area (Å²) in [4.78, 5) is 8.96. The van der Waals surface area contributed by atoms with Crippen molar-refractivity contribution in [2.75, 3.05) is 34.8 Å². The Labute approximate surface area is 408 Å². The first-order valence-corrected chi connectivity index (χ1v) is 20.0. The average Bonchev–Trinajstić information content (AvgIpc) is 3.01. The van der Waals surface area contributed by atoms with Crippen LogP contribution in [-0.4, -0.2) is 90.8 Å². The molecule has 0 fully saturated rings. The molecule has 0 saturated heterocycles. The Kier molecular flexibility index (Phi) is 19.7. The summed E-state index contributed by atoms with van der Waals surface area (Å²) in [5.41, 5.74) is -2.17. The zero-order valence-electron chi connectivity index (χ0n) is 30.0. The number of aromatic hydroxyl groups is 1. The third kappa shape index (κ3) is 13.2. The van der Waals surface area contributed by atoms with Crippen molar-refractivity contribution in [3.63, 3.8) is 0 Å². The molecule has 0 bridgehead atoms. The number of hydrogen-bond donors (Lipinski definition) is 4. The third-order valence-corrected chi connectivity index (χ3v) is 10.2. The summed E-state index contributed by atoms with van der Waals surface area (Å²) in [6.07, 6.45) is 0. The molecule has 0 saturated carbocycles. The smallest absolute Gasteiger partial charge is 0.748 e. The Hall–Kier alpha value is -1.15. The molecule has 5 rings (SSSR count). The normalized spacial score (nSPS) is 11.9. The van der Waals surface area contributed by atoms with Crippen molar-refractivity contribution < 1.29 is 175 Å². The molecule has 0 spiro atoms. The molecule has 29 heteroatoms. The predicted octanol–water partition coefficient (Wildman–Crippen LogP) is -9.84. The molecule has 1 aromatic heterocycles. The van der Waals surface area contributed by atoms with E-state index in [1.807, 2.05) is 0 Å². The minimum absolute atomic E-state index is 0. The van der Waals surface area contributed by atoms with Crippen molar-refractivity contribution in [1.82, 2.24) is 15.0 Å². The molecule has 0 unspecified atom stereocenters. The van der Waals surface area contributed by atoms with Crippen molar-refractivity contribution >= 4 is 96.9 Å². The fraction of sp³-hybridized carbons (Fsp3) is 0.148. The first-order valence-electron chi connectivity index (χ1n) is 14.2. The number of benzene rings is 4. The number of phenols is 1. The van der Waals surface area contributed by atoms with Crippen molar-refractivity contribution in [2.45, 2.75) is 21.6 Å². The van der Waals surface area contributed by atoms with Crippen LogP contribution in [-0.2, 0) is 40.5 Å². The minimum Gasteiger partial charge on any atom is -0.748 e. The third-order valence-electron chi connectivity index (χ3n) is 6.90. The van der Waals surface area contributed by atoms with Gasteiger partial charge in [0.25, 0.3) is 0 Å². The number of rotatable bonds is 13. The van der Waals surface area contributed by atoms with Gasteiger partial charge in [0.1, 0.15) is 41.7 Å². The van der Waals surface area contributed by atoms with Crippen LogP contribution in [0.25, 0.3) is 21.5 Å². The van der Waals surface area contributed by atoms with Crippen LogP contribution >= 0.6 is 0 Å². The van der Waals surface area contributed by atoms with Gasteiger partial charge in [0, 0.05) is 23.9 Å². The molecular weight excluding hydrogens is 865 g/mol. The van der Waals surface area contributed by atoms with Gasteiger partial charge in [-0.25, -0.2) is 33.7 Å². The van der Waals surface area contributed by atoms with Crippen LogP contribution in [0, 0.1) is 0 Å². The number of hydrogen-bond acceptors (Lipinski definition) is 21. The van der Waals surface area contributed by atoms with Crippen LogP contribution in [0.15, 0.2) is 79.5 Å². The van der Waals surface area contributed by atoms with E-state index in [4.69, 9.17) is 0 Å². The van der Waals surface area contributed by atoms with E-state index in [1.165, 1.54) is 24.3 Å². The predicted molar refractivity (Wildman–Crippen MR) is 178 cm³/mol. The largest absolute Gasteiger partial charge is 1.00 e. The van der Waals surface area contributed by atoms with Gasteiger partial charge in [-0.2, -0.15) is 15.0 Å². The monoisotopic (exact) mass is 886 g/mol. The summed E-state index contributed by atoms with van der Waals surface area (Å²) in [5, 5.41) is 25.8. The zero-order chi connectivity index (χ0) is 38.2. The molecule has 0 atom stereocenters. The summed E-state index contributed by atoms with van der Waals surface area (Å²) in [6, 6.07) is 10.2. The summed E-state index contributed by atoms with van der Waals surface area (Å²) in [6.45, 7) is 1.47. The van der Waals surface area contributed by atoms with E-state index in [9.17, 15) is 57.0 Å². The van der Waals surface area contributed by atoms with Gasteiger partial charge in [-0.05, 0) is 42.0 Å². The van der Waals surface area contributed by atoms with E-state index < -0.39 is 107 Å². The van der Waals surface area contributed by atoms with Gasteiger partial charge in [0.05, 0.1) is 36.2 Å². The fourth-order valence-electron chi connectivity index (χ4n) is 4.82. The second kappa shape index (κ2) is 20.9. The Balaban J connectivity index is 0.00000392. The summed E-state index contributed by atoms with van der Waals surface area (Å²) in [7, 11) is -20.8. The Morgan fingerprint density at radius 1 is 0.696 bits per heavy atom. The van der Waals surface area contributed by atoms with Crippen LogP contribution in [0.3, 0.4) is 0 Å². The van der Waals surface area contributed by atoms with Gasteiger partial charge >= 0.3 is 118 Å². The standard InChI is InChI=1S/C27H26N8O13S4.4Na/c1-2-28-25-31-26(29-9-10-49(37,38)39)33-27(32-25)30-19-13-16(50(40,41)42)11-15-12-20(51(43,44)45)22(23(36)21(15)19)35-34-18-8-7-14-5-3-4-6-17(14)24(18)52(46,47)48;;;;/h3-8,11-13,36H,2,9-10H2,1H3,(H,37,38,39)(H,40,41,42)(H,43,44,45)(H,46,47,48)(H3,28,29,30,31,32,33);;;;/q;4*+1/p-4. The van der Waals surface area contributed by atoms with E-state index in [0.29, 0.717) is 23.6 Å². The number of aromatic nitrogens is 3. The summed E-state index contributed by atoms with van der Waals surface area (Å²) >= 11 is 0. The molecule has 1 heterocycles. The van der Waals surface area contributed by atoms with Gasteiger partial charge in [0.2, 0.25) is 17.8 Å². The van der Waals surface area contributed by atoms with Crippen LogP contribution in [0.2, 0.25) is 0 Å². The quantitative estimate of drug-likeness (QED) is 0.0484. The Bertz CT molecular complexity index is 2750. The number of anilines is 4. The number of phenolic OH excluding ortho intramolecular Hbond substituents is 1. The maximum absolute atomic E-state index is 12.4. The van der Waals surface area contributed by atoms with Gasteiger partial charge in [-0.15, -0.1) is 10.2 Å². The van der Waals surface area contributed by atoms with Crippen LogP contribution < -0.4 is 134 Å². The molecule has 0 radical (unpaired) electrons. The maximum atomic E-state index is 12.4. The molecule has 0 aliphatic heterocycles. The second-order valence-corrected chi connectivity index (χ2v) is 16.1. The van der Waals surface area contributed by atoms with Gasteiger partial charge < -0.3 is 39.3 Å². The van der Waals surface area contributed by atoms with E-state index >= 15 is 0 Å². The van der Waals surface area contributed by atoms with E-state index in [-0.39, 0.29) is 142 Å². The van der Waals surface area contributed by atoms with Crippen molar-refractivity contribution in [2.24, 2.45) is 10.2 Å². The average molecular weight is 887 g/mol. The molecule has 276 valence electrons. The molecule has 56 heavy (non-hydrogen) atoms. The Morgan fingerprint density at radius 3 is 1.88 bits per heavy atom. The molecule has 0 aliphatic rings. The van der Waals surface area contributed by atoms with Crippen molar-refractivity contribution in [3.05, 3.63) is 54.6 Å². The van der Waals surface area contributed by atoms with Crippen LogP contribution in [0.4, 0.5) is 34.9 Å². The number of azo groups is 1. The molecule has 4 aromatic carbocycles. The van der Waals surface area contributed by atoms with Crippen LogP contribution in [0.5, 0.6) is 5.75 Å². The molecule has 21 nitrogen and oxygen atoms in total. The topological polar surface area (TPSA) is 349 Å².